The highest BCUT2D eigenvalue weighted by Gasteiger charge is 2.55. The van der Waals surface area contributed by atoms with Crippen LogP contribution in [0.1, 0.15) is 53.4 Å². The molecule has 0 aromatic heterocycles. The van der Waals surface area contributed by atoms with Gasteiger partial charge in [0.25, 0.3) is 5.91 Å². The molecule has 108 valence electrons. The third-order valence-electron chi connectivity index (χ3n) is 3.77. The van der Waals surface area contributed by atoms with Gasteiger partial charge in [0.1, 0.15) is 11.1 Å². The number of primary amides is 1. The first-order chi connectivity index (χ1) is 8.73. The zero-order valence-electron chi connectivity index (χ0n) is 12.1. The first-order valence-electron chi connectivity index (χ1n) is 6.69. The Bertz CT molecular complexity index is 410. The molecule has 0 aromatic carbocycles. The Morgan fingerprint density at radius 2 is 1.95 bits per heavy atom. The average Bonchev–Trinajstić information content (AvgIpc) is 2.50. The fraction of sp³-hybridized carbons (Fsp3) is 0.769. The van der Waals surface area contributed by atoms with Crippen molar-refractivity contribution in [1.82, 2.24) is 10.2 Å². The lowest BCUT2D eigenvalue weighted by Gasteiger charge is -2.34. The molecule has 1 rings (SSSR count). The highest BCUT2D eigenvalue weighted by Crippen LogP contribution is 2.31. The molecule has 0 bridgehead atoms. The van der Waals surface area contributed by atoms with Gasteiger partial charge in [-0.1, -0.05) is 26.7 Å². The number of hydrogen-bond acceptors (Lipinski definition) is 3. The zero-order chi connectivity index (χ0) is 14.8. The summed E-state index contributed by atoms with van der Waals surface area (Å²) >= 11 is 0. The predicted octanol–water partition coefficient (Wildman–Crippen LogP) is 1.14. The Morgan fingerprint density at radius 1 is 1.37 bits per heavy atom. The number of rotatable bonds is 6. The number of amides is 4. The van der Waals surface area contributed by atoms with E-state index in [1.165, 1.54) is 0 Å². The maximum atomic E-state index is 12.5. The summed E-state index contributed by atoms with van der Waals surface area (Å²) in [4.78, 5) is 37.3. The van der Waals surface area contributed by atoms with Gasteiger partial charge in [0.15, 0.2) is 0 Å². The van der Waals surface area contributed by atoms with E-state index in [0.717, 1.165) is 11.3 Å². The number of imide groups is 1. The van der Waals surface area contributed by atoms with Crippen molar-refractivity contribution in [3.63, 3.8) is 0 Å². The number of carbonyl (C=O) groups is 3. The summed E-state index contributed by atoms with van der Waals surface area (Å²) in [5, 5.41) is 2.68. The summed E-state index contributed by atoms with van der Waals surface area (Å²) in [6.07, 6.45) is 2.32. The summed E-state index contributed by atoms with van der Waals surface area (Å²) in [7, 11) is 0. The summed E-state index contributed by atoms with van der Waals surface area (Å²) in [6.45, 7) is 7.05. The van der Waals surface area contributed by atoms with Crippen LogP contribution in [0.25, 0.3) is 0 Å². The predicted molar refractivity (Wildman–Crippen MR) is 71.2 cm³/mol. The molecule has 0 radical (unpaired) electrons. The molecule has 4 amide bonds. The van der Waals surface area contributed by atoms with E-state index in [1.807, 2.05) is 13.8 Å². The first kappa shape index (κ1) is 15.5. The van der Waals surface area contributed by atoms with Crippen molar-refractivity contribution in [2.75, 3.05) is 0 Å². The van der Waals surface area contributed by atoms with E-state index in [0.29, 0.717) is 19.3 Å². The van der Waals surface area contributed by atoms with Crippen LogP contribution in [0.15, 0.2) is 0 Å². The Morgan fingerprint density at radius 3 is 2.37 bits per heavy atom. The zero-order valence-corrected chi connectivity index (χ0v) is 12.1. The van der Waals surface area contributed by atoms with Gasteiger partial charge in [-0.15, -0.1) is 0 Å². The van der Waals surface area contributed by atoms with Crippen LogP contribution in [-0.2, 0) is 9.59 Å². The van der Waals surface area contributed by atoms with E-state index in [1.54, 1.807) is 13.8 Å². The normalized spacial score (nSPS) is 26.2. The molecule has 1 fully saturated rings. The number of nitrogens with two attached hydrogens (primary N) is 1. The number of nitrogens with zero attached hydrogens (tertiary/aromatic N) is 1. The molecule has 1 heterocycles. The van der Waals surface area contributed by atoms with Crippen molar-refractivity contribution in [1.29, 1.82) is 0 Å². The second kappa shape index (κ2) is 5.19. The lowest BCUT2D eigenvalue weighted by atomic mass is 9.90. The summed E-state index contributed by atoms with van der Waals surface area (Å²) in [6, 6.07) is -0.532. The molecule has 1 aliphatic rings. The maximum absolute atomic E-state index is 12.5. The lowest BCUT2D eigenvalue weighted by molar-refractivity contribution is -0.142. The molecule has 2 unspecified atom stereocenters. The lowest BCUT2D eigenvalue weighted by Crippen LogP contribution is -2.58. The largest absolute Gasteiger partial charge is 0.368 e. The summed E-state index contributed by atoms with van der Waals surface area (Å²) in [5.41, 5.74) is 3.21. The Balaban J connectivity index is 3.16. The van der Waals surface area contributed by atoms with E-state index in [-0.39, 0.29) is 5.91 Å². The third-order valence-corrected chi connectivity index (χ3v) is 3.77. The minimum atomic E-state index is -1.26. The van der Waals surface area contributed by atoms with E-state index < -0.39 is 23.0 Å². The van der Waals surface area contributed by atoms with E-state index in [4.69, 9.17) is 5.73 Å². The molecule has 0 spiro atoms. The first-order valence-corrected chi connectivity index (χ1v) is 6.69. The van der Waals surface area contributed by atoms with Gasteiger partial charge in [0.05, 0.1) is 0 Å². The van der Waals surface area contributed by atoms with E-state index in [2.05, 4.69) is 5.32 Å². The fourth-order valence-corrected chi connectivity index (χ4v) is 2.63. The average molecular weight is 269 g/mol. The minimum Gasteiger partial charge on any atom is -0.368 e. The van der Waals surface area contributed by atoms with Crippen molar-refractivity contribution in [3.8, 4) is 0 Å². The highest BCUT2D eigenvalue weighted by molar-refractivity contribution is 6.10. The van der Waals surface area contributed by atoms with E-state index >= 15 is 0 Å². The SMILES string of the molecule is CCCC1(C)NC(=O)N(C(C)(CCC)C(N)=O)C1=O. The number of hydrogen-bond donors (Lipinski definition) is 2. The molecular weight excluding hydrogens is 246 g/mol. The molecule has 6 heteroatoms. The van der Waals surface area contributed by atoms with E-state index in [9.17, 15) is 14.4 Å². The number of nitrogens with one attached hydrogen (secondary N) is 1. The Labute approximate surface area is 113 Å². The van der Waals surface area contributed by atoms with Crippen LogP contribution in [0.2, 0.25) is 0 Å². The molecule has 1 aliphatic heterocycles. The minimum absolute atomic E-state index is 0.365. The third kappa shape index (κ3) is 2.43. The molecule has 3 N–H and O–H groups in total. The fourth-order valence-electron chi connectivity index (χ4n) is 2.63. The number of carbonyl (C=O) groups excluding carboxylic acids is 3. The maximum Gasteiger partial charge on any atom is 0.325 e. The monoisotopic (exact) mass is 269 g/mol. The van der Waals surface area contributed by atoms with Crippen LogP contribution < -0.4 is 11.1 Å². The Hall–Kier alpha value is -1.59. The molecule has 2 atom stereocenters. The van der Waals surface area contributed by atoms with Crippen molar-refractivity contribution >= 4 is 17.8 Å². The van der Waals surface area contributed by atoms with Gasteiger partial charge in [-0.2, -0.15) is 0 Å². The van der Waals surface area contributed by atoms with Crippen LogP contribution in [0, 0.1) is 0 Å². The Kier molecular flexibility index (Phi) is 4.22. The van der Waals surface area contributed by atoms with Crippen molar-refractivity contribution in [2.24, 2.45) is 5.73 Å². The van der Waals surface area contributed by atoms with Gasteiger partial charge < -0.3 is 11.1 Å². The van der Waals surface area contributed by atoms with Crippen LogP contribution in [0.3, 0.4) is 0 Å². The smallest absolute Gasteiger partial charge is 0.325 e. The number of urea groups is 1. The van der Waals surface area contributed by atoms with Crippen LogP contribution in [0.5, 0.6) is 0 Å². The van der Waals surface area contributed by atoms with Crippen molar-refractivity contribution in [2.45, 2.75) is 64.5 Å². The summed E-state index contributed by atoms with van der Waals surface area (Å²) in [5.74, 6) is -1.02. The molecular formula is C13H23N3O3. The summed E-state index contributed by atoms with van der Waals surface area (Å²) < 4.78 is 0. The molecule has 0 aliphatic carbocycles. The molecule has 19 heavy (non-hydrogen) atoms. The van der Waals surface area contributed by atoms with Crippen LogP contribution in [-0.4, -0.2) is 33.8 Å². The molecule has 1 saturated heterocycles. The van der Waals surface area contributed by atoms with Gasteiger partial charge in [0, 0.05) is 0 Å². The highest BCUT2D eigenvalue weighted by atomic mass is 16.2. The standard InChI is InChI=1S/C13H23N3O3/c1-5-7-12(3)10(18)16(11(19)15-12)13(4,8-6-2)9(14)17/h5-8H2,1-4H3,(H2,14,17)(H,15,19). The second-order valence-electron chi connectivity index (χ2n) is 5.54. The molecule has 6 nitrogen and oxygen atoms in total. The van der Waals surface area contributed by atoms with Crippen LogP contribution >= 0.6 is 0 Å². The van der Waals surface area contributed by atoms with Crippen LogP contribution in [0.4, 0.5) is 4.79 Å². The van der Waals surface area contributed by atoms with Crippen molar-refractivity contribution < 1.29 is 14.4 Å². The van der Waals surface area contributed by atoms with Gasteiger partial charge in [0.2, 0.25) is 5.91 Å². The molecule has 0 saturated carbocycles. The van der Waals surface area contributed by atoms with Gasteiger partial charge >= 0.3 is 6.03 Å². The van der Waals surface area contributed by atoms with Gasteiger partial charge in [-0.05, 0) is 26.7 Å². The quantitative estimate of drug-likeness (QED) is 0.708. The van der Waals surface area contributed by atoms with Gasteiger partial charge in [-0.25, -0.2) is 9.69 Å². The van der Waals surface area contributed by atoms with Crippen molar-refractivity contribution in [3.05, 3.63) is 0 Å². The topological polar surface area (TPSA) is 92.5 Å². The molecule has 0 aromatic rings. The van der Waals surface area contributed by atoms with Gasteiger partial charge in [-0.3, -0.25) is 9.59 Å². The second-order valence-corrected chi connectivity index (χ2v) is 5.54.